The Morgan fingerprint density at radius 2 is 2.14 bits per heavy atom. The molecule has 2 amide bonds. The van der Waals surface area contributed by atoms with Crippen LogP contribution in [0, 0.1) is 0 Å². The van der Waals surface area contributed by atoms with Gasteiger partial charge in [-0.2, -0.15) is 0 Å². The number of rotatable bonds is 4. The number of hydrogen-bond acceptors (Lipinski definition) is 7. The summed E-state index contributed by atoms with van der Waals surface area (Å²) in [4.78, 5) is 27.7. The zero-order chi connectivity index (χ0) is 15.4. The minimum Gasteiger partial charge on any atom is -0.459 e. The van der Waals surface area contributed by atoms with Gasteiger partial charge in [-0.05, 0) is 12.1 Å². The summed E-state index contributed by atoms with van der Waals surface area (Å²) in [6, 6.07) is 3.35. The number of hydrogen-bond donors (Lipinski definition) is 1. The van der Waals surface area contributed by atoms with Crippen LogP contribution in [0.15, 0.2) is 28.3 Å². The number of furan rings is 1. The number of amides is 2. The van der Waals surface area contributed by atoms with E-state index in [2.05, 4.69) is 15.5 Å². The van der Waals surface area contributed by atoms with E-state index in [9.17, 15) is 9.59 Å². The molecule has 0 bridgehead atoms. The Morgan fingerprint density at radius 1 is 1.32 bits per heavy atom. The van der Waals surface area contributed by atoms with Crippen molar-refractivity contribution < 1.29 is 14.0 Å². The summed E-state index contributed by atoms with van der Waals surface area (Å²) in [6.07, 6.45) is 1.49. The maximum Gasteiger partial charge on any atom is 0.289 e. The van der Waals surface area contributed by atoms with E-state index in [1.807, 2.05) is 4.90 Å². The molecule has 3 heterocycles. The predicted octanol–water partition coefficient (Wildman–Crippen LogP) is 0.528. The predicted molar refractivity (Wildman–Crippen MR) is 79.6 cm³/mol. The first-order valence-corrected chi connectivity index (χ1v) is 7.71. The monoisotopic (exact) mass is 321 g/mol. The van der Waals surface area contributed by atoms with E-state index in [1.165, 1.54) is 17.6 Å². The molecule has 3 rings (SSSR count). The summed E-state index contributed by atoms with van der Waals surface area (Å²) in [5.41, 5.74) is 1.56. The first kappa shape index (κ1) is 14.7. The number of piperazine rings is 1. The van der Waals surface area contributed by atoms with Gasteiger partial charge in [0.2, 0.25) is 11.0 Å². The molecule has 0 unspecified atom stereocenters. The molecule has 1 aliphatic rings. The van der Waals surface area contributed by atoms with Crippen molar-refractivity contribution in [1.29, 1.82) is 0 Å². The minimum absolute atomic E-state index is 0.108. The second kappa shape index (κ2) is 6.67. The molecule has 2 aromatic rings. The van der Waals surface area contributed by atoms with Gasteiger partial charge in [0.25, 0.3) is 5.91 Å². The number of carbonyl (C=O) groups is 2. The molecule has 0 saturated carbocycles. The van der Waals surface area contributed by atoms with Crippen LogP contribution in [0.5, 0.6) is 0 Å². The average molecular weight is 321 g/mol. The van der Waals surface area contributed by atoms with Gasteiger partial charge in [0.15, 0.2) is 5.76 Å². The molecule has 22 heavy (non-hydrogen) atoms. The normalized spacial score (nSPS) is 15.7. The van der Waals surface area contributed by atoms with Crippen LogP contribution >= 0.6 is 11.3 Å². The van der Waals surface area contributed by atoms with Gasteiger partial charge < -0.3 is 9.32 Å². The lowest BCUT2D eigenvalue weighted by molar-refractivity contribution is -0.117. The second-order valence-corrected chi connectivity index (χ2v) is 5.67. The summed E-state index contributed by atoms with van der Waals surface area (Å²) in [5, 5.41) is 10.6. The fourth-order valence-corrected chi connectivity index (χ4v) is 2.72. The highest BCUT2D eigenvalue weighted by Crippen LogP contribution is 2.10. The van der Waals surface area contributed by atoms with Crippen LogP contribution in [0.1, 0.15) is 10.6 Å². The lowest BCUT2D eigenvalue weighted by Crippen LogP contribution is -2.50. The van der Waals surface area contributed by atoms with Gasteiger partial charge in [0, 0.05) is 26.2 Å². The van der Waals surface area contributed by atoms with Crippen molar-refractivity contribution in [1.82, 2.24) is 20.0 Å². The molecule has 2 aromatic heterocycles. The number of nitrogens with zero attached hydrogens (tertiary/aromatic N) is 4. The molecular formula is C13H15N5O3S. The maximum atomic E-state index is 12.1. The van der Waals surface area contributed by atoms with Crippen LogP contribution in [-0.4, -0.2) is 64.5 Å². The lowest BCUT2D eigenvalue weighted by Gasteiger charge is -2.33. The fourth-order valence-electron chi connectivity index (χ4n) is 2.25. The van der Waals surface area contributed by atoms with Crippen molar-refractivity contribution in [3.8, 4) is 0 Å². The Morgan fingerprint density at radius 3 is 2.77 bits per heavy atom. The standard InChI is InChI=1S/C13H15N5O3S/c19-11(15-13-16-14-9-22-13)8-17-3-5-18(6-4-17)12(20)10-2-1-7-21-10/h1-2,7,9H,3-6,8H2,(H,15,16,19). The highest BCUT2D eigenvalue weighted by atomic mass is 32.1. The third-order valence-electron chi connectivity index (χ3n) is 3.37. The lowest BCUT2D eigenvalue weighted by atomic mass is 10.3. The van der Waals surface area contributed by atoms with Crippen molar-refractivity contribution >= 4 is 28.3 Å². The van der Waals surface area contributed by atoms with Crippen molar-refractivity contribution in [3.63, 3.8) is 0 Å². The number of anilines is 1. The van der Waals surface area contributed by atoms with Crippen molar-refractivity contribution in [3.05, 3.63) is 29.7 Å². The van der Waals surface area contributed by atoms with Gasteiger partial charge in [-0.3, -0.25) is 19.8 Å². The summed E-state index contributed by atoms with van der Waals surface area (Å²) in [7, 11) is 0. The van der Waals surface area contributed by atoms with E-state index in [4.69, 9.17) is 4.42 Å². The molecule has 0 aliphatic carbocycles. The van der Waals surface area contributed by atoms with Crippen LogP contribution in [-0.2, 0) is 4.79 Å². The van der Waals surface area contributed by atoms with E-state index in [0.717, 1.165) is 0 Å². The summed E-state index contributed by atoms with van der Waals surface area (Å²) in [6.45, 7) is 2.73. The SMILES string of the molecule is O=C(CN1CCN(C(=O)c2ccco2)CC1)Nc1nncs1. The molecule has 9 heteroatoms. The molecule has 1 saturated heterocycles. The molecule has 0 spiro atoms. The molecule has 0 radical (unpaired) electrons. The fraction of sp³-hybridized carbons (Fsp3) is 0.385. The Kier molecular flexibility index (Phi) is 4.45. The zero-order valence-electron chi connectivity index (χ0n) is 11.8. The molecule has 1 N–H and O–H groups in total. The van der Waals surface area contributed by atoms with Crippen LogP contribution in [0.4, 0.5) is 5.13 Å². The number of nitrogens with one attached hydrogen (secondary N) is 1. The zero-order valence-corrected chi connectivity index (χ0v) is 12.6. The maximum absolute atomic E-state index is 12.1. The summed E-state index contributed by atoms with van der Waals surface area (Å²) < 4.78 is 5.12. The Hall–Kier alpha value is -2.26. The first-order chi connectivity index (χ1) is 10.7. The van der Waals surface area contributed by atoms with Crippen molar-refractivity contribution in [2.24, 2.45) is 0 Å². The molecule has 0 aromatic carbocycles. The van der Waals surface area contributed by atoms with Gasteiger partial charge in [-0.25, -0.2) is 0 Å². The van der Waals surface area contributed by atoms with E-state index >= 15 is 0 Å². The average Bonchev–Trinajstić information content (AvgIpc) is 3.20. The quantitative estimate of drug-likeness (QED) is 0.883. The van der Waals surface area contributed by atoms with Crippen molar-refractivity contribution in [2.45, 2.75) is 0 Å². The molecule has 1 aliphatic heterocycles. The van der Waals surface area contributed by atoms with Gasteiger partial charge in [-0.1, -0.05) is 11.3 Å². The Bertz CT molecular complexity index is 620. The third kappa shape index (κ3) is 3.49. The third-order valence-corrected chi connectivity index (χ3v) is 3.97. The van der Waals surface area contributed by atoms with Gasteiger partial charge in [0.1, 0.15) is 5.51 Å². The number of carbonyl (C=O) groups excluding carboxylic acids is 2. The Labute approximate surface area is 130 Å². The first-order valence-electron chi connectivity index (χ1n) is 6.83. The van der Waals surface area contributed by atoms with Gasteiger partial charge in [0.05, 0.1) is 12.8 Å². The smallest absolute Gasteiger partial charge is 0.289 e. The van der Waals surface area contributed by atoms with E-state index in [0.29, 0.717) is 37.1 Å². The second-order valence-electron chi connectivity index (χ2n) is 4.84. The van der Waals surface area contributed by atoms with Gasteiger partial charge >= 0.3 is 0 Å². The Balaban J connectivity index is 1.45. The van der Waals surface area contributed by atoms with Crippen LogP contribution in [0.25, 0.3) is 0 Å². The molecule has 0 atom stereocenters. The molecular weight excluding hydrogens is 306 g/mol. The molecule has 8 nitrogen and oxygen atoms in total. The summed E-state index contributed by atoms with van der Waals surface area (Å²) in [5.74, 6) is 0.119. The van der Waals surface area contributed by atoms with Crippen LogP contribution < -0.4 is 5.32 Å². The van der Waals surface area contributed by atoms with E-state index < -0.39 is 0 Å². The largest absolute Gasteiger partial charge is 0.459 e. The number of aromatic nitrogens is 2. The van der Waals surface area contributed by atoms with Gasteiger partial charge in [-0.15, -0.1) is 10.2 Å². The van der Waals surface area contributed by atoms with Crippen molar-refractivity contribution in [2.75, 3.05) is 38.0 Å². The molecule has 1 fully saturated rings. The molecule has 116 valence electrons. The highest BCUT2D eigenvalue weighted by Gasteiger charge is 2.24. The van der Waals surface area contributed by atoms with Crippen LogP contribution in [0.2, 0.25) is 0 Å². The van der Waals surface area contributed by atoms with E-state index in [1.54, 1.807) is 22.5 Å². The van der Waals surface area contributed by atoms with E-state index in [-0.39, 0.29) is 18.4 Å². The minimum atomic E-state index is -0.123. The van der Waals surface area contributed by atoms with Crippen LogP contribution in [0.3, 0.4) is 0 Å². The highest BCUT2D eigenvalue weighted by molar-refractivity contribution is 7.13. The topological polar surface area (TPSA) is 91.6 Å². The summed E-state index contributed by atoms with van der Waals surface area (Å²) >= 11 is 1.28.